The van der Waals surface area contributed by atoms with Gasteiger partial charge in [-0.25, -0.2) is 9.97 Å². The number of nitrogens with zero attached hydrogens (tertiary/aromatic N) is 3. The highest BCUT2D eigenvalue weighted by molar-refractivity contribution is 7.99. The molecule has 9 aromatic rings. The van der Waals surface area contributed by atoms with Crippen LogP contribution in [-0.4, -0.2) is 15.0 Å². The standard InChI is InChI=1S/C50H31N3S/c1-3-13-32(14-4-1)45-31-46(33-15-5-2-6-16-33)53-49(52-45)35-25-27-43-48(30-35)54-47-29-34(36-19-11-23-44-39(36)20-12-28-51-44)24-26-42(47)50(43)40-21-9-7-17-37(40)38-18-8-10-22-41(38)50/h1-31H. The van der Waals surface area contributed by atoms with Crippen LogP contribution < -0.4 is 0 Å². The van der Waals surface area contributed by atoms with E-state index < -0.39 is 5.41 Å². The van der Waals surface area contributed by atoms with Crippen molar-refractivity contribution in [2.45, 2.75) is 15.2 Å². The number of fused-ring (bicyclic) bond motifs is 10. The smallest absolute Gasteiger partial charge is 0.160 e. The van der Waals surface area contributed by atoms with Crippen molar-refractivity contribution >= 4 is 22.7 Å². The predicted molar refractivity (Wildman–Crippen MR) is 221 cm³/mol. The molecule has 0 fully saturated rings. The third-order valence-corrected chi connectivity index (χ3v) is 12.1. The Bertz CT molecular complexity index is 2810. The van der Waals surface area contributed by atoms with Crippen LogP contribution in [0.4, 0.5) is 0 Å². The van der Waals surface area contributed by atoms with Gasteiger partial charge in [-0.1, -0.05) is 163 Å². The largest absolute Gasteiger partial charge is 0.256 e. The third-order valence-electron chi connectivity index (χ3n) is 11.0. The molecule has 7 aromatic carbocycles. The Morgan fingerprint density at radius 1 is 0.389 bits per heavy atom. The fourth-order valence-electron chi connectivity index (χ4n) is 8.66. The van der Waals surface area contributed by atoms with Gasteiger partial charge in [0.1, 0.15) is 0 Å². The highest BCUT2D eigenvalue weighted by atomic mass is 32.2. The molecule has 1 aliphatic carbocycles. The van der Waals surface area contributed by atoms with E-state index in [9.17, 15) is 0 Å². The second-order valence-corrected chi connectivity index (χ2v) is 15.0. The van der Waals surface area contributed by atoms with Crippen molar-refractivity contribution in [3.63, 3.8) is 0 Å². The Labute approximate surface area is 318 Å². The summed E-state index contributed by atoms with van der Waals surface area (Å²) < 4.78 is 0. The molecule has 2 aromatic heterocycles. The van der Waals surface area contributed by atoms with Crippen molar-refractivity contribution in [1.29, 1.82) is 0 Å². The van der Waals surface area contributed by atoms with Crippen LogP contribution in [0.1, 0.15) is 22.3 Å². The maximum absolute atomic E-state index is 5.21. The second kappa shape index (κ2) is 12.2. The molecule has 0 radical (unpaired) electrons. The fraction of sp³-hybridized carbons (Fsp3) is 0.0200. The van der Waals surface area contributed by atoms with Gasteiger partial charge in [-0.05, 0) is 74.8 Å². The lowest BCUT2D eigenvalue weighted by atomic mass is 9.67. The molecule has 0 N–H and O–H groups in total. The summed E-state index contributed by atoms with van der Waals surface area (Å²) >= 11 is 1.85. The molecule has 0 amide bonds. The average molecular weight is 706 g/mol. The van der Waals surface area contributed by atoms with Crippen LogP contribution in [-0.2, 0) is 5.41 Å². The molecule has 3 nitrogen and oxygen atoms in total. The van der Waals surface area contributed by atoms with Crippen LogP contribution in [0.2, 0.25) is 0 Å². The van der Waals surface area contributed by atoms with Gasteiger partial charge in [0.2, 0.25) is 0 Å². The van der Waals surface area contributed by atoms with E-state index in [1.807, 2.05) is 36.2 Å². The zero-order valence-corrected chi connectivity index (χ0v) is 30.0. The van der Waals surface area contributed by atoms with Crippen LogP contribution >= 0.6 is 11.8 Å². The Kier molecular flexibility index (Phi) is 7.01. The van der Waals surface area contributed by atoms with Crippen LogP contribution in [0.3, 0.4) is 0 Å². The van der Waals surface area contributed by atoms with Crippen molar-refractivity contribution < 1.29 is 0 Å². The van der Waals surface area contributed by atoms with Crippen molar-refractivity contribution in [2.24, 2.45) is 0 Å². The van der Waals surface area contributed by atoms with Crippen molar-refractivity contribution in [3.8, 4) is 56.2 Å². The van der Waals surface area contributed by atoms with Gasteiger partial charge in [0.05, 0.1) is 22.3 Å². The Balaban J connectivity index is 1.15. The van der Waals surface area contributed by atoms with Crippen LogP contribution in [0, 0.1) is 0 Å². The summed E-state index contributed by atoms with van der Waals surface area (Å²) in [6.07, 6.45) is 1.87. The first-order valence-corrected chi connectivity index (χ1v) is 19.1. The summed E-state index contributed by atoms with van der Waals surface area (Å²) in [5.41, 5.74) is 15.6. The van der Waals surface area contributed by atoms with E-state index in [1.54, 1.807) is 0 Å². The van der Waals surface area contributed by atoms with E-state index >= 15 is 0 Å². The molecule has 0 saturated heterocycles. The first kappa shape index (κ1) is 31.0. The Morgan fingerprint density at radius 3 is 1.59 bits per heavy atom. The minimum absolute atomic E-state index is 0.484. The molecule has 4 heteroatoms. The van der Waals surface area contributed by atoms with Gasteiger partial charge in [0.25, 0.3) is 0 Å². The van der Waals surface area contributed by atoms with Gasteiger partial charge >= 0.3 is 0 Å². The molecule has 0 unspecified atom stereocenters. The summed E-state index contributed by atoms with van der Waals surface area (Å²) in [5, 5.41) is 1.15. The summed E-state index contributed by atoms with van der Waals surface area (Å²) in [4.78, 5) is 17.5. The molecular formula is C50H31N3S. The van der Waals surface area contributed by atoms with Gasteiger partial charge < -0.3 is 0 Å². The first-order valence-electron chi connectivity index (χ1n) is 18.3. The third kappa shape index (κ3) is 4.67. The van der Waals surface area contributed by atoms with Gasteiger partial charge in [0, 0.05) is 38.1 Å². The molecule has 0 bridgehead atoms. The van der Waals surface area contributed by atoms with Gasteiger partial charge in [-0.3, -0.25) is 4.98 Å². The van der Waals surface area contributed by atoms with E-state index in [2.05, 4.69) is 169 Å². The van der Waals surface area contributed by atoms with Gasteiger partial charge in [-0.15, -0.1) is 0 Å². The first-order chi connectivity index (χ1) is 26.8. The molecule has 1 spiro atoms. The van der Waals surface area contributed by atoms with E-state index in [1.165, 1.54) is 54.3 Å². The number of rotatable bonds is 4. The van der Waals surface area contributed by atoms with E-state index in [0.29, 0.717) is 5.82 Å². The van der Waals surface area contributed by atoms with E-state index in [4.69, 9.17) is 9.97 Å². The summed E-state index contributed by atoms with van der Waals surface area (Å²) in [7, 11) is 0. The molecule has 252 valence electrons. The Hall–Kier alpha value is -6.62. The zero-order valence-electron chi connectivity index (χ0n) is 29.1. The highest BCUT2D eigenvalue weighted by Crippen LogP contribution is 2.62. The van der Waals surface area contributed by atoms with Crippen molar-refractivity contribution in [2.75, 3.05) is 0 Å². The van der Waals surface area contributed by atoms with Gasteiger partial charge in [-0.2, -0.15) is 0 Å². The van der Waals surface area contributed by atoms with Crippen LogP contribution in [0.5, 0.6) is 0 Å². The number of aromatic nitrogens is 3. The summed E-state index contributed by atoms with van der Waals surface area (Å²) in [6.45, 7) is 0. The average Bonchev–Trinajstić information content (AvgIpc) is 3.54. The SMILES string of the molecule is c1ccc(-c2cc(-c3ccccc3)nc(-c3ccc4c(c3)Sc3cc(-c5cccc6ncccc56)ccc3C43c4ccccc4-c4ccccc43)n2)cc1. The molecule has 11 rings (SSSR count). The number of hydrogen-bond acceptors (Lipinski definition) is 4. The molecule has 1 aliphatic heterocycles. The summed E-state index contributed by atoms with van der Waals surface area (Å²) in [5.74, 6) is 0.711. The lowest BCUT2D eigenvalue weighted by Gasteiger charge is -2.40. The van der Waals surface area contributed by atoms with Crippen LogP contribution in [0.25, 0.3) is 67.1 Å². The number of pyridine rings is 1. The molecule has 2 aliphatic rings. The molecule has 0 atom stereocenters. The van der Waals surface area contributed by atoms with Crippen molar-refractivity contribution in [3.05, 3.63) is 210 Å². The molecule has 0 saturated carbocycles. The number of hydrogen-bond donors (Lipinski definition) is 0. The Morgan fingerprint density at radius 2 is 0.944 bits per heavy atom. The van der Waals surface area contributed by atoms with Crippen LogP contribution in [0.15, 0.2) is 198 Å². The normalized spacial score (nSPS) is 13.3. The van der Waals surface area contributed by atoms with Gasteiger partial charge in [0.15, 0.2) is 5.82 Å². The zero-order chi connectivity index (χ0) is 35.6. The van der Waals surface area contributed by atoms with E-state index in [0.717, 1.165) is 39.0 Å². The molecule has 54 heavy (non-hydrogen) atoms. The second-order valence-electron chi connectivity index (χ2n) is 13.9. The monoisotopic (exact) mass is 705 g/mol. The van der Waals surface area contributed by atoms with Crippen molar-refractivity contribution in [1.82, 2.24) is 15.0 Å². The number of benzene rings is 7. The minimum Gasteiger partial charge on any atom is -0.256 e. The predicted octanol–water partition coefficient (Wildman–Crippen LogP) is 12.5. The lowest BCUT2D eigenvalue weighted by molar-refractivity contribution is 0.723. The summed E-state index contributed by atoms with van der Waals surface area (Å²) in [6, 6.07) is 65.4. The molecular weight excluding hydrogens is 675 g/mol. The minimum atomic E-state index is -0.484. The topological polar surface area (TPSA) is 38.7 Å². The molecule has 3 heterocycles. The maximum Gasteiger partial charge on any atom is 0.160 e. The fourth-order valence-corrected chi connectivity index (χ4v) is 9.93. The maximum atomic E-state index is 5.21. The highest BCUT2D eigenvalue weighted by Gasteiger charge is 2.50. The lowest BCUT2D eigenvalue weighted by Crippen LogP contribution is -2.32. The quantitative estimate of drug-likeness (QED) is 0.183. The van der Waals surface area contributed by atoms with E-state index in [-0.39, 0.29) is 0 Å².